The molecular weight excluding hydrogens is 216 g/mol. The Hall–Kier alpha value is -0.120. The molecule has 0 aliphatic carbocycles. The standard InChI is InChI=1S/C14H28O3/c1-7-9(2)12(15)11(4)13-10(3)8-16-14(5,6)17-13/h9-13,15H,7-8H2,1-6H3/t9-,10-,11-,12-,13-/m1/s1. The molecule has 0 amide bonds. The van der Waals surface area contributed by atoms with Crippen molar-refractivity contribution in [3.8, 4) is 0 Å². The van der Waals surface area contributed by atoms with Crippen molar-refractivity contribution >= 4 is 0 Å². The lowest BCUT2D eigenvalue weighted by Gasteiger charge is -2.44. The molecule has 1 aliphatic rings. The maximum absolute atomic E-state index is 10.3. The van der Waals surface area contributed by atoms with Crippen LogP contribution in [0.15, 0.2) is 0 Å². The fourth-order valence-electron chi connectivity index (χ4n) is 2.48. The first kappa shape index (κ1) is 14.9. The maximum Gasteiger partial charge on any atom is 0.163 e. The van der Waals surface area contributed by atoms with Crippen LogP contribution >= 0.6 is 0 Å². The number of hydrogen-bond donors (Lipinski definition) is 1. The highest BCUT2D eigenvalue weighted by atomic mass is 16.7. The zero-order valence-electron chi connectivity index (χ0n) is 12.1. The Kier molecular flexibility index (Phi) is 4.99. The van der Waals surface area contributed by atoms with Gasteiger partial charge in [0.05, 0.1) is 18.8 Å². The van der Waals surface area contributed by atoms with Crippen LogP contribution < -0.4 is 0 Å². The molecule has 3 nitrogen and oxygen atoms in total. The third-order valence-corrected chi connectivity index (χ3v) is 3.96. The largest absolute Gasteiger partial charge is 0.392 e. The molecule has 0 aromatic rings. The normalized spacial score (nSPS) is 34.1. The van der Waals surface area contributed by atoms with Crippen LogP contribution in [0.3, 0.4) is 0 Å². The topological polar surface area (TPSA) is 38.7 Å². The van der Waals surface area contributed by atoms with Crippen molar-refractivity contribution in [1.29, 1.82) is 0 Å². The van der Waals surface area contributed by atoms with E-state index in [-0.39, 0.29) is 18.1 Å². The Morgan fingerprint density at radius 3 is 2.47 bits per heavy atom. The SMILES string of the molecule is CC[C@@H](C)[C@@H](O)[C@@H](C)[C@@H]1OC(C)(C)OC[C@H]1C. The second kappa shape index (κ2) is 5.68. The van der Waals surface area contributed by atoms with Gasteiger partial charge in [-0.15, -0.1) is 0 Å². The molecule has 0 unspecified atom stereocenters. The first-order valence-electron chi connectivity index (χ1n) is 6.78. The molecular formula is C14H28O3. The van der Waals surface area contributed by atoms with Gasteiger partial charge in [-0.25, -0.2) is 0 Å². The first-order chi connectivity index (χ1) is 7.78. The highest BCUT2D eigenvalue weighted by molar-refractivity contribution is 4.84. The fourth-order valence-corrected chi connectivity index (χ4v) is 2.48. The van der Waals surface area contributed by atoms with Gasteiger partial charge in [-0.2, -0.15) is 0 Å². The van der Waals surface area contributed by atoms with Crippen LogP contribution in [0.1, 0.15) is 48.0 Å². The summed E-state index contributed by atoms with van der Waals surface area (Å²) in [6.07, 6.45) is 0.760. The highest BCUT2D eigenvalue weighted by Crippen LogP contribution is 2.33. The maximum atomic E-state index is 10.3. The van der Waals surface area contributed by atoms with Gasteiger partial charge in [0.1, 0.15) is 0 Å². The summed E-state index contributed by atoms with van der Waals surface area (Å²) < 4.78 is 11.6. The van der Waals surface area contributed by atoms with Crippen molar-refractivity contribution in [3.05, 3.63) is 0 Å². The van der Waals surface area contributed by atoms with E-state index in [1.54, 1.807) is 0 Å². The minimum atomic E-state index is -0.527. The number of aliphatic hydroxyl groups is 1. The molecule has 0 spiro atoms. The minimum absolute atomic E-state index is 0.0720. The lowest BCUT2D eigenvalue weighted by Crippen LogP contribution is -2.50. The van der Waals surface area contributed by atoms with E-state index in [0.29, 0.717) is 18.4 Å². The van der Waals surface area contributed by atoms with E-state index in [2.05, 4.69) is 27.7 Å². The van der Waals surface area contributed by atoms with Crippen molar-refractivity contribution in [2.45, 2.75) is 66.0 Å². The van der Waals surface area contributed by atoms with Crippen LogP contribution in [0.5, 0.6) is 0 Å². The van der Waals surface area contributed by atoms with E-state index in [0.717, 1.165) is 6.42 Å². The number of ether oxygens (including phenoxy) is 2. The lowest BCUT2D eigenvalue weighted by atomic mass is 9.83. The summed E-state index contributed by atoms with van der Waals surface area (Å²) in [4.78, 5) is 0. The van der Waals surface area contributed by atoms with Gasteiger partial charge in [0.15, 0.2) is 5.79 Å². The van der Waals surface area contributed by atoms with Crippen molar-refractivity contribution in [2.24, 2.45) is 17.8 Å². The summed E-state index contributed by atoms with van der Waals surface area (Å²) in [7, 11) is 0. The van der Waals surface area contributed by atoms with Crippen molar-refractivity contribution in [1.82, 2.24) is 0 Å². The fraction of sp³-hybridized carbons (Fsp3) is 1.00. The smallest absolute Gasteiger partial charge is 0.163 e. The van der Waals surface area contributed by atoms with Crippen molar-refractivity contribution in [2.75, 3.05) is 6.61 Å². The molecule has 1 rings (SSSR count). The number of aliphatic hydroxyl groups excluding tert-OH is 1. The van der Waals surface area contributed by atoms with Gasteiger partial charge >= 0.3 is 0 Å². The molecule has 0 saturated carbocycles. The number of rotatable bonds is 4. The van der Waals surface area contributed by atoms with E-state index in [4.69, 9.17) is 9.47 Å². The Bertz CT molecular complexity index is 240. The summed E-state index contributed by atoms with van der Waals surface area (Å²) in [6, 6.07) is 0. The molecule has 1 heterocycles. The van der Waals surface area contributed by atoms with Crippen molar-refractivity contribution < 1.29 is 14.6 Å². The average Bonchev–Trinajstić information content (AvgIpc) is 2.29. The Morgan fingerprint density at radius 1 is 1.35 bits per heavy atom. The summed E-state index contributed by atoms with van der Waals surface area (Å²) >= 11 is 0. The molecule has 5 atom stereocenters. The van der Waals surface area contributed by atoms with Crippen LogP contribution in [-0.2, 0) is 9.47 Å². The van der Waals surface area contributed by atoms with E-state index >= 15 is 0 Å². The van der Waals surface area contributed by atoms with Gasteiger partial charge in [0.2, 0.25) is 0 Å². The van der Waals surface area contributed by atoms with Crippen LogP contribution in [-0.4, -0.2) is 29.7 Å². The van der Waals surface area contributed by atoms with Gasteiger partial charge in [-0.1, -0.05) is 34.1 Å². The minimum Gasteiger partial charge on any atom is -0.392 e. The molecule has 0 aromatic heterocycles. The van der Waals surface area contributed by atoms with E-state index in [1.165, 1.54) is 0 Å². The molecule has 3 heteroatoms. The summed E-state index contributed by atoms with van der Waals surface area (Å²) in [5.41, 5.74) is 0. The predicted molar refractivity (Wildman–Crippen MR) is 68.7 cm³/mol. The van der Waals surface area contributed by atoms with Gasteiger partial charge in [0.25, 0.3) is 0 Å². The van der Waals surface area contributed by atoms with Crippen LogP contribution in [0.25, 0.3) is 0 Å². The highest BCUT2D eigenvalue weighted by Gasteiger charge is 2.40. The lowest BCUT2D eigenvalue weighted by molar-refractivity contribution is -0.304. The van der Waals surface area contributed by atoms with Crippen LogP contribution in [0.4, 0.5) is 0 Å². The average molecular weight is 244 g/mol. The van der Waals surface area contributed by atoms with E-state index < -0.39 is 5.79 Å². The molecule has 17 heavy (non-hydrogen) atoms. The molecule has 1 aliphatic heterocycles. The van der Waals surface area contributed by atoms with E-state index in [1.807, 2.05) is 13.8 Å². The summed E-state index contributed by atoms with van der Waals surface area (Å²) in [5, 5.41) is 10.3. The van der Waals surface area contributed by atoms with Gasteiger partial charge < -0.3 is 14.6 Å². The Morgan fingerprint density at radius 2 is 1.94 bits per heavy atom. The quantitative estimate of drug-likeness (QED) is 0.826. The Labute approximate surface area is 105 Å². The second-order valence-electron chi connectivity index (χ2n) is 6.01. The molecule has 1 saturated heterocycles. The monoisotopic (exact) mass is 244 g/mol. The molecule has 0 radical (unpaired) electrons. The number of hydrogen-bond acceptors (Lipinski definition) is 3. The molecule has 102 valence electrons. The molecule has 0 aromatic carbocycles. The van der Waals surface area contributed by atoms with E-state index in [9.17, 15) is 5.11 Å². The second-order valence-corrected chi connectivity index (χ2v) is 6.01. The summed E-state index contributed by atoms with van der Waals surface area (Å²) in [5.74, 6) is 0.257. The third-order valence-electron chi connectivity index (χ3n) is 3.96. The van der Waals surface area contributed by atoms with Gasteiger partial charge in [-0.05, 0) is 19.8 Å². The van der Waals surface area contributed by atoms with Crippen molar-refractivity contribution in [3.63, 3.8) is 0 Å². The zero-order valence-corrected chi connectivity index (χ0v) is 12.1. The third kappa shape index (κ3) is 3.67. The van der Waals surface area contributed by atoms with Gasteiger partial charge in [-0.3, -0.25) is 0 Å². The predicted octanol–water partition coefficient (Wildman–Crippen LogP) is 2.82. The Balaban J connectivity index is 2.69. The van der Waals surface area contributed by atoms with Crippen LogP contribution in [0, 0.1) is 17.8 Å². The van der Waals surface area contributed by atoms with Gasteiger partial charge in [0, 0.05) is 11.8 Å². The molecule has 1 N–H and O–H groups in total. The summed E-state index contributed by atoms with van der Waals surface area (Å²) in [6.45, 7) is 13.0. The molecule has 1 fully saturated rings. The van der Waals surface area contributed by atoms with Crippen LogP contribution in [0.2, 0.25) is 0 Å². The molecule has 0 bridgehead atoms. The first-order valence-corrected chi connectivity index (χ1v) is 6.78. The zero-order chi connectivity index (χ0) is 13.2.